The number of halogens is 2. The van der Waals surface area contributed by atoms with Crippen LogP contribution in [0.3, 0.4) is 0 Å². The fourth-order valence-electron chi connectivity index (χ4n) is 2.25. The highest BCUT2D eigenvalue weighted by Gasteiger charge is 2.31. The van der Waals surface area contributed by atoms with E-state index in [-0.39, 0.29) is 0 Å². The van der Waals surface area contributed by atoms with Crippen LogP contribution in [0.15, 0.2) is 10.6 Å². The van der Waals surface area contributed by atoms with Crippen molar-refractivity contribution in [3.8, 4) is 0 Å². The summed E-state index contributed by atoms with van der Waals surface area (Å²) in [6.45, 7) is 3.35. The van der Waals surface area contributed by atoms with Gasteiger partial charge >= 0.3 is 0 Å². The van der Waals surface area contributed by atoms with Crippen LogP contribution in [-0.4, -0.2) is 23.8 Å². The molecule has 0 aromatic carbocycles. The van der Waals surface area contributed by atoms with Gasteiger partial charge in [-0.25, -0.2) is 0 Å². The lowest BCUT2D eigenvalue weighted by Crippen LogP contribution is -2.43. The molecule has 0 bridgehead atoms. The first-order valence-corrected chi connectivity index (χ1v) is 6.79. The van der Waals surface area contributed by atoms with Crippen molar-refractivity contribution in [3.63, 3.8) is 0 Å². The zero-order valence-electron chi connectivity index (χ0n) is 9.81. The minimum atomic E-state index is -0.546. The number of hydrogen-bond acceptors (Lipinski definition) is 2. The lowest BCUT2D eigenvalue weighted by Gasteiger charge is -2.36. The molecule has 1 rings (SSSR count). The standard InChI is InChI=1S/C12H21Cl2NO/c1-2-10-3-5-12(16,6-4-10)9-15-8-11(14)7-13/h7,10,15-16H,2-6,8-9H2,1H3. The molecule has 2 N–H and O–H groups in total. The highest BCUT2D eigenvalue weighted by atomic mass is 35.5. The molecule has 1 saturated carbocycles. The Hall–Kier alpha value is 0.240. The maximum atomic E-state index is 10.3. The molecule has 0 aromatic rings. The van der Waals surface area contributed by atoms with E-state index in [0.717, 1.165) is 31.6 Å². The largest absolute Gasteiger partial charge is 0.389 e. The molecule has 16 heavy (non-hydrogen) atoms. The summed E-state index contributed by atoms with van der Waals surface area (Å²) in [4.78, 5) is 0. The first-order valence-electron chi connectivity index (χ1n) is 5.97. The molecule has 0 saturated heterocycles. The van der Waals surface area contributed by atoms with E-state index in [1.807, 2.05) is 0 Å². The van der Waals surface area contributed by atoms with Crippen LogP contribution in [-0.2, 0) is 0 Å². The molecule has 0 unspecified atom stereocenters. The van der Waals surface area contributed by atoms with Crippen LogP contribution >= 0.6 is 23.2 Å². The summed E-state index contributed by atoms with van der Waals surface area (Å²) >= 11 is 11.2. The van der Waals surface area contributed by atoms with Crippen LogP contribution in [0.25, 0.3) is 0 Å². The maximum Gasteiger partial charge on any atom is 0.0771 e. The molecule has 4 heteroatoms. The van der Waals surface area contributed by atoms with Crippen molar-refractivity contribution in [2.24, 2.45) is 5.92 Å². The molecule has 1 fully saturated rings. The van der Waals surface area contributed by atoms with Crippen LogP contribution in [0.4, 0.5) is 0 Å². The van der Waals surface area contributed by atoms with Crippen molar-refractivity contribution in [1.82, 2.24) is 5.32 Å². The van der Waals surface area contributed by atoms with Gasteiger partial charge in [-0.1, -0.05) is 36.5 Å². The summed E-state index contributed by atoms with van der Waals surface area (Å²) in [5.74, 6) is 0.798. The number of aliphatic hydroxyl groups is 1. The van der Waals surface area contributed by atoms with Crippen molar-refractivity contribution < 1.29 is 5.11 Å². The molecule has 1 aliphatic carbocycles. The predicted octanol–water partition coefficient (Wildman–Crippen LogP) is 3.23. The van der Waals surface area contributed by atoms with Crippen LogP contribution in [0.1, 0.15) is 39.0 Å². The van der Waals surface area contributed by atoms with Gasteiger partial charge < -0.3 is 10.4 Å². The van der Waals surface area contributed by atoms with Crippen LogP contribution < -0.4 is 5.32 Å². The first-order chi connectivity index (χ1) is 7.59. The number of hydrogen-bond donors (Lipinski definition) is 2. The second-order valence-electron chi connectivity index (χ2n) is 4.74. The molecular weight excluding hydrogens is 245 g/mol. The Bertz CT molecular complexity index is 235. The van der Waals surface area contributed by atoms with Crippen molar-refractivity contribution in [1.29, 1.82) is 0 Å². The minimum absolute atomic E-state index is 0.532. The summed E-state index contributed by atoms with van der Waals surface area (Å²) in [6.07, 6.45) is 5.27. The maximum absolute atomic E-state index is 10.3. The molecule has 0 aliphatic heterocycles. The van der Waals surface area contributed by atoms with Gasteiger partial charge in [-0.3, -0.25) is 0 Å². The minimum Gasteiger partial charge on any atom is -0.389 e. The van der Waals surface area contributed by atoms with Gasteiger partial charge in [-0.05, 0) is 31.6 Å². The second kappa shape index (κ2) is 6.85. The lowest BCUT2D eigenvalue weighted by atomic mass is 9.78. The van der Waals surface area contributed by atoms with E-state index in [1.54, 1.807) is 0 Å². The van der Waals surface area contributed by atoms with Crippen LogP contribution in [0, 0.1) is 5.92 Å². The Balaban J connectivity index is 2.26. The summed E-state index contributed by atoms with van der Waals surface area (Å²) in [7, 11) is 0. The van der Waals surface area contributed by atoms with E-state index in [9.17, 15) is 5.11 Å². The molecule has 0 amide bonds. The average Bonchev–Trinajstić information content (AvgIpc) is 2.30. The molecule has 1 aliphatic rings. The predicted molar refractivity (Wildman–Crippen MR) is 69.9 cm³/mol. The fourth-order valence-corrected chi connectivity index (χ4v) is 2.42. The molecule has 94 valence electrons. The number of rotatable bonds is 5. The molecule has 2 nitrogen and oxygen atoms in total. The topological polar surface area (TPSA) is 32.3 Å². The highest BCUT2D eigenvalue weighted by Crippen LogP contribution is 2.33. The molecule has 0 aromatic heterocycles. The van der Waals surface area contributed by atoms with Gasteiger partial charge in [0.2, 0.25) is 0 Å². The van der Waals surface area contributed by atoms with Gasteiger partial charge in [0.25, 0.3) is 0 Å². The van der Waals surface area contributed by atoms with Gasteiger partial charge in [0, 0.05) is 23.7 Å². The van der Waals surface area contributed by atoms with Gasteiger partial charge in [0.15, 0.2) is 0 Å². The normalized spacial score (nSPS) is 31.8. The summed E-state index contributed by atoms with van der Waals surface area (Å²) in [5.41, 5.74) is 0.807. The Morgan fingerprint density at radius 3 is 2.62 bits per heavy atom. The molecule has 0 atom stereocenters. The van der Waals surface area contributed by atoms with E-state index in [2.05, 4.69) is 12.2 Å². The average molecular weight is 266 g/mol. The van der Waals surface area contributed by atoms with Crippen molar-refractivity contribution >= 4 is 23.2 Å². The quantitative estimate of drug-likeness (QED) is 0.800. The molecule has 0 radical (unpaired) electrons. The SMILES string of the molecule is CCC1CCC(O)(CNCC(Cl)=CCl)CC1. The third-order valence-electron chi connectivity index (χ3n) is 3.48. The second-order valence-corrected chi connectivity index (χ2v) is 5.44. The van der Waals surface area contributed by atoms with Gasteiger partial charge in [0.1, 0.15) is 0 Å². The van der Waals surface area contributed by atoms with Crippen molar-refractivity contribution in [2.45, 2.75) is 44.6 Å². The third kappa shape index (κ3) is 4.62. The summed E-state index contributed by atoms with van der Waals surface area (Å²) in [6, 6.07) is 0. The van der Waals surface area contributed by atoms with E-state index in [1.165, 1.54) is 12.0 Å². The highest BCUT2D eigenvalue weighted by molar-refractivity contribution is 6.36. The van der Waals surface area contributed by atoms with Crippen LogP contribution in [0.2, 0.25) is 0 Å². The fraction of sp³-hybridized carbons (Fsp3) is 0.833. The molecule has 0 spiro atoms. The van der Waals surface area contributed by atoms with Gasteiger partial charge in [0.05, 0.1) is 5.60 Å². The Morgan fingerprint density at radius 2 is 2.12 bits per heavy atom. The molecular formula is C12H21Cl2NO. The Morgan fingerprint density at radius 1 is 1.50 bits per heavy atom. The van der Waals surface area contributed by atoms with E-state index in [0.29, 0.717) is 18.1 Å². The van der Waals surface area contributed by atoms with E-state index in [4.69, 9.17) is 23.2 Å². The monoisotopic (exact) mass is 265 g/mol. The van der Waals surface area contributed by atoms with E-state index < -0.39 is 5.60 Å². The van der Waals surface area contributed by atoms with Crippen LogP contribution in [0.5, 0.6) is 0 Å². The zero-order chi connectivity index (χ0) is 12.0. The van der Waals surface area contributed by atoms with Gasteiger partial charge in [-0.2, -0.15) is 0 Å². The van der Waals surface area contributed by atoms with Crippen molar-refractivity contribution in [3.05, 3.63) is 10.6 Å². The third-order valence-corrected chi connectivity index (χ3v) is 4.10. The lowest BCUT2D eigenvalue weighted by molar-refractivity contribution is -0.00787. The zero-order valence-corrected chi connectivity index (χ0v) is 11.3. The smallest absolute Gasteiger partial charge is 0.0771 e. The number of nitrogens with one attached hydrogen (secondary N) is 1. The Kier molecular flexibility index (Phi) is 6.12. The first kappa shape index (κ1) is 14.3. The van der Waals surface area contributed by atoms with Crippen molar-refractivity contribution in [2.75, 3.05) is 13.1 Å². The van der Waals surface area contributed by atoms with E-state index >= 15 is 0 Å². The van der Waals surface area contributed by atoms with Gasteiger partial charge in [-0.15, -0.1) is 0 Å². The summed E-state index contributed by atoms with van der Waals surface area (Å²) in [5, 5.41) is 14.0. The Labute approximate surface area is 108 Å². The molecule has 0 heterocycles. The summed E-state index contributed by atoms with van der Waals surface area (Å²) < 4.78 is 0.